The first-order valence-corrected chi connectivity index (χ1v) is 44.8. The number of para-hydroxylation sites is 2. The van der Waals surface area contributed by atoms with Crippen molar-refractivity contribution in [3.05, 3.63) is 348 Å². The van der Waals surface area contributed by atoms with Crippen LogP contribution in [0, 0.1) is 11.3 Å². The summed E-state index contributed by atoms with van der Waals surface area (Å²) in [4.78, 5) is 5.06. The first-order valence-electron chi connectivity index (χ1n) is 47.3. The highest BCUT2D eigenvalue weighted by Gasteiger charge is 2.47. The molecule has 0 fully saturated rings. The summed E-state index contributed by atoms with van der Waals surface area (Å²) in [6.45, 7) is 47.8. The molecular weight excluding hydrogens is 1520 g/mol. The molecular formula is C119H113BN6. The Balaban J connectivity index is 1.00. The number of benzene rings is 15. The summed E-state index contributed by atoms with van der Waals surface area (Å²) >= 11 is 0. The molecule has 0 atom stereocenters. The van der Waals surface area contributed by atoms with Gasteiger partial charge >= 0.3 is 0 Å². The fraction of sp³-hybridized carbons (Fsp3) is 0.235. The summed E-state index contributed by atoms with van der Waals surface area (Å²) in [6.07, 6.45) is 0. The largest absolute Gasteiger partial charge is 0.310 e. The van der Waals surface area contributed by atoms with E-state index in [-0.39, 0.29) is 50.1 Å². The monoisotopic (exact) mass is 1640 g/mol. The van der Waals surface area contributed by atoms with Crippen LogP contribution >= 0.6 is 0 Å². The summed E-state index contributed by atoms with van der Waals surface area (Å²) in [5.74, 6) is 0. The fourth-order valence-corrected chi connectivity index (χ4v) is 19.8. The van der Waals surface area contributed by atoms with Gasteiger partial charge in [0.05, 0.1) is 62.6 Å². The summed E-state index contributed by atoms with van der Waals surface area (Å²) < 4.78 is 53.7. The van der Waals surface area contributed by atoms with E-state index in [0.29, 0.717) is 16.8 Å². The van der Waals surface area contributed by atoms with Crippen molar-refractivity contribution in [3.8, 4) is 67.6 Å². The zero-order chi connectivity index (χ0) is 92.5. The van der Waals surface area contributed by atoms with Crippen molar-refractivity contribution in [2.24, 2.45) is 0 Å². The highest BCUT2D eigenvalue weighted by Crippen LogP contribution is 2.55. The van der Waals surface area contributed by atoms with Gasteiger partial charge in [0.2, 0.25) is 0 Å². The van der Waals surface area contributed by atoms with E-state index in [1.807, 2.05) is 24.3 Å². The van der Waals surface area contributed by atoms with E-state index in [2.05, 4.69) is 424 Å². The van der Waals surface area contributed by atoms with Crippen molar-refractivity contribution in [1.82, 2.24) is 13.7 Å². The van der Waals surface area contributed by atoms with Gasteiger partial charge in [-0.1, -0.05) is 321 Å². The number of nitrogens with zero attached hydrogens (tertiary/aromatic N) is 6. The van der Waals surface area contributed by atoms with E-state index in [1.165, 1.54) is 44.2 Å². The molecule has 5 heterocycles. The minimum absolute atomic E-state index is 0.123. The number of aromatic nitrogens is 3. The van der Waals surface area contributed by atoms with Gasteiger partial charge in [0.25, 0.3) is 6.71 Å². The molecule has 126 heavy (non-hydrogen) atoms. The Hall–Kier alpha value is -13.1. The number of hydrogen-bond acceptors (Lipinski definition) is 3. The Morgan fingerprint density at radius 3 is 1.13 bits per heavy atom. The second-order valence-corrected chi connectivity index (χ2v) is 42.7. The summed E-state index contributed by atoms with van der Waals surface area (Å²) in [5.41, 5.74) is 31.3. The van der Waals surface area contributed by atoms with E-state index in [1.54, 1.807) is 0 Å². The molecule has 7 heteroatoms. The predicted octanol–water partition coefficient (Wildman–Crippen LogP) is 30.7. The quantitative estimate of drug-likeness (QED) is 0.135. The lowest BCUT2D eigenvalue weighted by Gasteiger charge is -2.45. The number of hydrogen-bond donors (Lipinski definition) is 0. The maximum absolute atomic E-state index is 12.5. The minimum Gasteiger partial charge on any atom is -0.310 e. The predicted molar refractivity (Wildman–Crippen MR) is 541 cm³/mol. The number of fused-ring (bicyclic) bond motifs is 13. The van der Waals surface area contributed by atoms with Gasteiger partial charge in [-0.2, -0.15) is 5.26 Å². The molecule has 0 unspecified atom stereocenters. The zero-order valence-corrected chi connectivity index (χ0v) is 76.7. The molecule has 0 aliphatic carbocycles. The van der Waals surface area contributed by atoms with Gasteiger partial charge < -0.3 is 23.5 Å². The topological polar surface area (TPSA) is 45.1 Å². The SMILES string of the molecule is [2H]c1c([2H])c([2H])c(-c2cccc(-c3cc(C(C)(C)C)cc(-c4ccccc4)c3N3c4cc(-c5cc(C(C)(C)C)cc(C(C)(C)C)c5)ccc4B4c5ccc(-n6c7ccc(C(C)(C)C)cc7c7cc(C(C)(C)C)ccc76)cc5N(c5cc(-n6c7ccccc7c7ccccc76)ccc5C#N)c5cc(-n6c7ccc(C(C)(C)C)cc7c7cc(C(C)(C)C)ccc76)cc3c54)c2)c([2H])c1[2H]. The molecule has 0 saturated heterocycles. The second-order valence-electron chi connectivity index (χ2n) is 42.7. The first kappa shape index (κ1) is 75.4. The van der Waals surface area contributed by atoms with Crippen molar-refractivity contribution >= 4 is 123 Å². The molecule has 18 aromatic rings. The molecule has 2 aliphatic rings. The van der Waals surface area contributed by atoms with Crippen LogP contribution in [0.3, 0.4) is 0 Å². The van der Waals surface area contributed by atoms with Gasteiger partial charge in [0.15, 0.2) is 0 Å². The van der Waals surface area contributed by atoms with Crippen molar-refractivity contribution in [1.29, 1.82) is 5.26 Å². The van der Waals surface area contributed by atoms with Crippen LogP contribution in [0.4, 0.5) is 34.1 Å². The lowest BCUT2D eigenvalue weighted by Crippen LogP contribution is -2.61. The van der Waals surface area contributed by atoms with Crippen LogP contribution < -0.4 is 26.2 Å². The molecule has 3 aromatic heterocycles. The minimum atomic E-state index is -0.486. The molecule has 0 bridgehead atoms. The van der Waals surface area contributed by atoms with Crippen LogP contribution in [0.15, 0.2) is 303 Å². The maximum Gasteiger partial charge on any atom is 0.252 e. The lowest BCUT2D eigenvalue weighted by atomic mass is 9.33. The summed E-state index contributed by atoms with van der Waals surface area (Å²) in [7, 11) is 0. The second kappa shape index (κ2) is 29.0. The Bertz CT molecular complexity index is 7660. The normalized spacial score (nSPS) is 13.9. The fourth-order valence-electron chi connectivity index (χ4n) is 19.8. The van der Waals surface area contributed by atoms with Gasteiger partial charge in [0.1, 0.15) is 6.07 Å². The molecule has 0 radical (unpaired) electrons. The molecule has 15 aromatic carbocycles. The number of rotatable bonds is 9. The third kappa shape index (κ3) is 13.6. The van der Waals surface area contributed by atoms with Gasteiger partial charge in [-0.3, -0.25) is 0 Å². The van der Waals surface area contributed by atoms with E-state index < -0.39 is 30.3 Å². The van der Waals surface area contributed by atoms with Crippen molar-refractivity contribution < 1.29 is 6.85 Å². The third-order valence-corrected chi connectivity index (χ3v) is 27.0. The smallest absolute Gasteiger partial charge is 0.252 e. The van der Waals surface area contributed by atoms with E-state index in [4.69, 9.17) is 4.11 Å². The average Bonchev–Trinajstić information content (AvgIpc) is 1.38. The van der Waals surface area contributed by atoms with E-state index in [0.717, 1.165) is 155 Å². The molecule has 0 N–H and O–H groups in total. The van der Waals surface area contributed by atoms with Crippen molar-refractivity contribution in [2.75, 3.05) is 9.80 Å². The molecule has 2 aliphatic heterocycles. The van der Waals surface area contributed by atoms with Crippen LogP contribution in [0.2, 0.25) is 0 Å². The van der Waals surface area contributed by atoms with Crippen molar-refractivity contribution in [3.63, 3.8) is 0 Å². The van der Waals surface area contributed by atoms with Gasteiger partial charge in [-0.25, -0.2) is 0 Å². The molecule has 0 spiro atoms. The van der Waals surface area contributed by atoms with Crippen LogP contribution in [0.25, 0.3) is 127 Å². The van der Waals surface area contributed by atoms with Gasteiger partial charge in [-0.05, 0) is 254 Å². The van der Waals surface area contributed by atoms with Crippen LogP contribution in [0.1, 0.15) is 197 Å². The van der Waals surface area contributed by atoms with Crippen LogP contribution in [-0.4, -0.2) is 20.4 Å². The number of nitriles is 1. The van der Waals surface area contributed by atoms with Crippen LogP contribution in [-0.2, 0) is 37.9 Å². The third-order valence-electron chi connectivity index (χ3n) is 27.0. The van der Waals surface area contributed by atoms with Gasteiger partial charge in [-0.15, -0.1) is 0 Å². The molecule has 20 rings (SSSR count). The molecule has 0 saturated carbocycles. The van der Waals surface area contributed by atoms with E-state index in [9.17, 15) is 8.00 Å². The maximum atomic E-state index is 12.5. The Morgan fingerprint density at radius 1 is 0.262 bits per heavy atom. The molecule has 6 nitrogen and oxygen atoms in total. The summed E-state index contributed by atoms with van der Waals surface area (Å²) in [6, 6.07) is 103. The Morgan fingerprint density at radius 2 is 0.643 bits per heavy atom. The lowest BCUT2D eigenvalue weighted by molar-refractivity contribution is 0.569. The Kier molecular flexibility index (Phi) is 17.3. The standard InChI is InChI=1S/C119H113BN6/c1-113(2,3)80-45-53-102-94(62-80)95-63-81(114(4,5)6)46-54-103(95)123(102)88-50-52-99-108(69-88)125(106-68-87(49-43-78(106)72-121)122-100-41-30-28-39-90(100)91-40-29-31-42-101(91)122)109-70-89(124-104-55-47-82(115(7,8)9)64-96(104)97-65-83(116(10,11)12)48-56-105(97)124)71-110-111(109)120(99)98-51-44-76(79-58-84(117(13,14)15)61-85(59-79)118(16,17)18)60-107(98)126(110)112-92(74-35-26-23-27-36-74)66-86(119(19,20)21)67-93(112)77-38-32-37-75(57-77)73-33-24-22-25-34-73/h22-71H,1-21H3/i22D,24D,25D,33D,34D. The first-order chi connectivity index (χ1) is 61.9. The average molecular weight is 1640 g/mol. The molecule has 622 valence electrons. The van der Waals surface area contributed by atoms with Crippen LogP contribution in [0.5, 0.6) is 0 Å². The highest BCUT2D eigenvalue weighted by molar-refractivity contribution is 7.00. The summed E-state index contributed by atoms with van der Waals surface area (Å²) in [5, 5.41) is 19.4. The highest BCUT2D eigenvalue weighted by atomic mass is 15.2. The van der Waals surface area contributed by atoms with E-state index >= 15 is 0 Å². The number of anilines is 6. The molecule has 0 amide bonds. The van der Waals surface area contributed by atoms with Gasteiger partial charge in [0, 0.05) is 77.6 Å². The Labute approximate surface area is 752 Å². The van der Waals surface area contributed by atoms with Crippen molar-refractivity contribution in [2.45, 2.75) is 183 Å². The zero-order valence-electron chi connectivity index (χ0n) is 81.7.